The number of benzene rings is 1. The average molecular weight is 271 g/mol. The van der Waals surface area contributed by atoms with Crippen LogP contribution in [0.15, 0.2) is 18.2 Å². The minimum atomic E-state index is 0.193. The molecule has 0 fully saturated rings. The SMILES string of the molecule is CCC(CC)Cc1ccc(C(C)(CC)CC)cc1C#N. The predicted octanol–water partition coefficient (Wildman–Crippen LogP) is 5.61. The first-order valence-corrected chi connectivity index (χ1v) is 8.08. The van der Waals surface area contributed by atoms with E-state index in [2.05, 4.69) is 58.9 Å². The Morgan fingerprint density at radius 2 is 1.70 bits per heavy atom. The van der Waals surface area contributed by atoms with E-state index >= 15 is 0 Å². The molecule has 1 aromatic carbocycles. The van der Waals surface area contributed by atoms with Gasteiger partial charge in [-0.1, -0.05) is 59.6 Å². The number of hydrogen-bond acceptors (Lipinski definition) is 1. The van der Waals surface area contributed by atoms with E-state index in [0.29, 0.717) is 5.92 Å². The fourth-order valence-electron chi connectivity index (χ4n) is 2.78. The van der Waals surface area contributed by atoms with Crippen LogP contribution in [0.2, 0.25) is 0 Å². The molecule has 0 aliphatic heterocycles. The van der Waals surface area contributed by atoms with Crippen molar-refractivity contribution in [1.29, 1.82) is 5.26 Å². The van der Waals surface area contributed by atoms with Gasteiger partial charge in [-0.15, -0.1) is 0 Å². The first-order valence-electron chi connectivity index (χ1n) is 8.08. The Balaban J connectivity index is 3.12. The van der Waals surface area contributed by atoms with Crippen molar-refractivity contribution in [2.45, 2.75) is 72.1 Å². The predicted molar refractivity (Wildman–Crippen MR) is 86.9 cm³/mol. The number of nitriles is 1. The Labute approximate surface area is 125 Å². The van der Waals surface area contributed by atoms with E-state index in [1.165, 1.54) is 24.0 Å². The summed E-state index contributed by atoms with van der Waals surface area (Å²) in [7, 11) is 0. The second-order valence-electron chi connectivity index (χ2n) is 6.14. The van der Waals surface area contributed by atoms with Crippen molar-refractivity contribution in [3.63, 3.8) is 0 Å². The van der Waals surface area contributed by atoms with Crippen molar-refractivity contribution < 1.29 is 0 Å². The summed E-state index contributed by atoms with van der Waals surface area (Å²) in [4.78, 5) is 0. The summed E-state index contributed by atoms with van der Waals surface area (Å²) in [5.41, 5.74) is 3.60. The van der Waals surface area contributed by atoms with Crippen molar-refractivity contribution >= 4 is 0 Å². The molecule has 0 saturated heterocycles. The monoisotopic (exact) mass is 271 g/mol. The number of hydrogen-bond donors (Lipinski definition) is 0. The van der Waals surface area contributed by atoms with Crippen molar-refractivity contribution in [2.24, 2.45) is 5.92 Å². The van der Waals surface area contributed by atoms with Gasteiger partial charge in [0.2, 0.25) is 0 Å². The Bertz CT molecular complexity index is 459. The molecule has 0 saturated carbocycles. The van der Waals surface area contributed by atoms with E-state index in [1.54, 1.807) is 0 Å². The topological polar surface area (TPSA) is 23.8 Å². The van der Waals surface area contributed by atoms with E-state index in [4.69, 9.17) is 0 Å². The van der Waals surface area contributed by atoms with Crippen LogP contribution < -0.4 is 0 Å². The fourth-order valence-corrected chi connectivity index (χ4v) is 2.78. The standard InChI is InChI=1S/C19H29N/c1-6-15(7-2)12-16-10-11-18(13-17(16)14-20)19(5,8-3)9-4/h10-11,13,15H,6-9,12H2,1-5H3. The highest BCUT2D eigenvalue weighted by atomic mass is 14.3. The van der Waals surface area contributed by atoms with Gasteiger partial charge in [0.25, 0.3) is 0 Å². The molecular weight excluding hydrogens is 242 g/mol. The minimum Gasteiger partial charge on any atom is -0.192 e. The summed E-state index contributed by atoms with van der Waals surface area (Å²) in [6, 6.07) is 8.97. The molecule has 0 unspecified atom stereocenters. The fraction of sp³-hybridized carbons (Fsp3) is 0.632. The summed E-state index contributed by atoms with van der Waals surface area (Å²) in [6.45, 7) is 11.2. The van der Waals surface area contributed by atoms with Crippen LogP contribution in [0.5, 0.6) is 0 Å². The third-order valence-electron chi connectivity index (χ3n) is 5.15. The highest BCUT2D eigenvalue weighted by molar-refractivity contribution is 5.43. The normalized spacial score (nSPS) is 11.7. The van der Waals surface area contributed by atoms with Gasteiger partial charge in [-0.25, -0.2) is 0 Å². The van der Waals surface area contributed by atoms with Crippen LogP contribution in [-0.4, -0.2) is 0 Å². The highest BCUT2D eigenvalue weighted by Crippen LogP contribution is 2.32. The average Bonchev–Trinajstić information content (AvgIpc) is 2.51. The largest absolute Gasteiger partial charge is 0.192 e. The molecule has 1 rings (SSSR count). The molecule has 0 aliphatic carbocycles. The van der Waals surface area contributed by atoms with E-state index in [1.807, 2.05) is 0 Å². The molecule has 0 aliphatic rings. The van der Waals surface area contributed by atoms with Gasteiger partial charge < -0.3 is 0 Å². The molecule has 20 heavy (non-hydrogen) atoms. The zero-order chi connectivity index (χ0) is 15.2. The quantitative estimate of drug-likeness (QED) is 0.632. The molecule has 0 radical (unpaired) electrons. The lowest BCUT2D eigenvalue weighted by Gasteiger charge is -2.28. The molecule has 1 nitrogen and oxygen atoms in total. The molecule has 0 aromatic heterocycles. The third-order valence-corrected chi connectivity index (χ3v) is 5.15. The van der Waals surface area contributed by atoms with E-state index in [-0.39, 0.29) is 5.41 Å². The Morgan fingerprint density at radius 1 is 1.10 bits per heavy atom. The van der Waals surface area contributed by atoms with E-state index < -0.39 is 0 Å². The van der Waals surface area contributed by atoms with Gasteiger partial charge in [0.05, 0.1) is 11.6 Å². The molecule has 0 spiro atoms. The van der Waals surface area contributed by atoms with Crippen molar-refractivity contribution in [1.82, 2.24) is 0 Å². The molecule has 1 aromatic rings. The summed E-state index contributed by atoms with van der Waals surface area (Å²) in [5, 5.41) is 9.46. The Kier molecular flexibility index (Phi) is 6.27. The molecule has 0 heterocycles. The van der Waals surface area contributed by atoms with Gasteiger partial charge in [0, 0.05) is 0 Å². The molecule has 0 atom stereocenters. The second-order valence-corrected chi connectivity index (χ2v) is 6.14. The zero-order valence-corrected chi connectivity index (χ0v) is 13.8. The molecule has 110 valence electrons. The number of nitrogens with zero attached hydrogens (tertiary/aromatic N) is 1. The van der Waals surface area contributed by atoms with Crippen LogP contribution in [0.25, 0.3) is 0 Å². The highest BCUT2D eigenvalue weighted by Gasteiger charge is 2.23. The summed E-state index contributed by atoms with van der Waals surface area (Å²) < 4.78 is 0. The maximum absolute atomic E-state index is 9.46. The molecule has 0 N–H and O–H groups in total. The van der Waals surface area contributed by atoms with E-state index in [9.17, 15) is 5.26 Å². The smallest absolute Gasteiger partial charge is 0.0994 e. The van der Waals surface area contributed by atoms with Gasteiger partial charge in [0.15, 0.2) is 0 Å². The molecule has 0 bridgehead atoms. The van der Waals surface area contributed by atoms with Gasteiger partial charge in [-0.2, -0.15) is 5.26 Å². The van der Waals surface area contributed by atoms with Crippen molar-refractivity contribution in [3.05, 3.63) is 34.9 Å². The van der Waals surface area contributed by atoms with Crippen LogP contribution in [-0.2, 0) is 11.8 Å². The maximum atomic E-state index is 9.46. The van der Waals surface area contributed by atoms with Crippen molar-refractivity contribution in [2.75, 3.05) is 0 Å². The Hall–Kier alpha value is -1.29. The summed E-state index contributed by atoms with van der Waals surface area (Å²) in [6.07, 6.45) is 5.63. The summed E-state index contributed by atoms with van der Waals surface area (Å²) in [5.74, 6) is 0.691. The minimum absolute atomic E-state index is 0.193. The van der Waals surface area contributed by atoms with Crippen LogP contribution >= 0.6 is 0 Å². The van der Waals surface area contributed by atoms with Gasteiger partial charge in [-0.3, -0.25) is 0 Å². The number of rotatable bonds is 7. The van der Waals surface area contributed by atoms with Crippen LogP contribution in [0.3, 0.4) is 0 Å². The lowest BCUT2D eigenvalue weighted by atomic mass is 9.76. The summed E-state index contributed by atoms with van der Waals surface area (Å²) >= 11 is 0. The zero-order valence-electron chi connectivity index (χ0n) is 13.8. The van der Waals surface area contributed by atoms with Gasteiger partial charge in [-0.05, 0) is 47.8 Å². The van der Waals surface area contributed by atoms with Crippen molar-refractivity contribution in [3.8, 4) is 6.07 Å². The Morgan fingerprint density at radius 3 is 2.15 bits per heavy atom. The third kappa shape index (κ3) is 3.63. The molecular formula is C19H29N. The van der Waals surface area contributed by atoms with Crippen LogP contribution in [0.1, 0.15) is 77.0 Å². The molecule has 0 amide bonds. The lowest BCUT2D eigenvalue weighted by molar-refractivity contribution is 0.438. The first-order chi connectivity index (χ1) is 9.54. The van der Waals surface area contributed by atoms with E-state index in [0.717, 1.165) is 24.8 Å². The van der Waals surface area contributed by atoms with Crippen LogP contribution in [0, 0.1) is 17.2 Å². The molecule has 1 heteroatoms. The van der Waals surface area contributed by atoms with Crippen LogP contribution in [0.4, 0.5) is 0 Å². The van der Waals surface area contributed by atoms with Gasteiger partial charge >= 0.3 is 0 Å². The lowest BCUT2D eigenvalue weighted by Crippen LogP contribution is -2.20. The first kappa shape index (κ1) is 16.8. The second kappa shape index (κ2) is 7.48. The van der Waals surface area contributed by atoms with Gasteiger partial charge in [0.1, 0.15) is 0 Å². The maximum Gasteiger partial charge on any atom is 0.0994 e.